The average molecular weight is 388 g/mol. The fourth-order valence-electron chi connectivity index (χ4n) is 3.07. The zero-order chi connectivity index (χ0) is 19.9. The molecule has 4 rings (SSSR count). The molecule has 2 aromatic carbocycles. The van der Waals surface area contributed by atoms with E-state index in [4.69, 9.17) is 9.47 Å². The Morgan fingerprint density at radius 3 is 2.46 bits per heavy atom. The number of aromatic nitrogens is 3. The Morgan fingerprint density at radius 2 is 1.75 bits per heavy atom. The van der Waals surface area contributed by atoms with Crippen LogP contribution in [0.4, 0.5) is 24.7 Å². The van der Waals surface area contributed by atoms with E-state index in [0.29, 0.717) is 28.1 Å². The van der Waals surface area contributed by atoms with Crippen LogP contribution in [0.3, 0.4) is 0 Å². The van der Waals surface area contributed by atoms with Gasteiger partial charge in [-0.2, -0.15) is 18.3 Å². The van der Waals surface area contributed by atoms with E-state index in [-0.39, 0.29) is 16.7 Å². The maximum Gasteiger partial charge on any atom is 0.433 e. The Labute approximate surface area is 157 Å². The fourth-order valence-corrected chi connectivity index (χ4v) is 3.07. The number of nitrogens with zero attached hydrogens (tertiary/aromatic N) is 2. The van der Waals surface area contributed by atoms with Gasteiger partial charge in [-0.25, -0.2) is 4.98 Å². The van der Waals surface area contributed by atoms with E-state index in [1.165, 1.54) is 14.2 Å². The van der Waals surface area contributed by atoms with Crippen molar-refractivity contribution < 1.29 is 22.6 Å². The minimum atomic E-state index is -4.57. The second-order valence-electron chi connectivity index (χ2n) is 5.99. The summed E-state index contributed by atoms with van der Waals surface area (Å²) in [5, 5.41) is 9.37. The van der Waals surface area contributed by atoms with Crippen LogP contribution in [0.25, 0.3) is 21.8 Å². The number of ether oxygens (including phenoxy) is 2. The second-order valence-corrected chi connectivity index (χ2v) is 5.99. The first kappa shape index (κ1) is 17.9. The van der Waals surface area contributed by atoms with Gasteiger partial charge >= 0.3 is 6.18 Å². The van der Waals surface area contributed by atoms with Crippen LogP contribution in [0, 0.1) is 0 Å². The van der Waals surface area contributed by atoms with Gasteiger partial charge < -0.3 is 14.8 Å². The SMILES string of the molecule is COc1ccc(Nc2nc3ccccc3c3c(C(F)(F)F)[nH]nc23)cc1OC. The maximum atomic E-state index is 13.5. The molecule has 4 aromatic rings. The third-order valence-corrected chi connectivity index (χ3v) is 4.33. The van der Waals surface area contributed by atoms with Gasteiger partial charge in [-0.15, -0.1) is 0 Å². The minimum Gasteiger partial charge on any atom is -0.493 e. The van der Waals surface area contributed by atoms with Gasteiger partial charge in [0.05, 0.1) is 19.7 Å². The van der Waals surface area contributed by atoms with Crippen LogP contribution in [-0.4, -0.2) is 29.4 Å². The summed E-state index contributed by atoms with van der Waals surface area (Å²) in [5.74, 6) is 1.21. The molecule has 0 fully saturated rings. The van der Waals surface area contributed by atoms with Gasteiger partial charge in [-0.05, 0) is 18.2 Å². The predicted octanol–water partition coefficient (Wildman–Crippen LogP) is 4.89. The number of aromatic amines is 1. The molecule has 0 aliphatic rings. The summed E-state index contributed by atoms with van der Waals surface area (Å²) >= 11 is 0. The van der Waals surface area contributed by atoms with Gasteiger partial charge in [0, 0.05) is 22.5 Å². The normalized spacial score (nSPS) is 11.8. The number of H-pyrrole nitrogens is 1. The minimum absolute atomic E-state index is 0.0268. The number of halogens is 3. The summed E-state index contributed by atoms with van der Waals surface area (Å²) < 4.78 is 50.9. The van der Waals surface area contributed by atoms with Crippen LogP contribution in [-0.2, 0) is 6.18 Å². The molecular formula is C19H15F3N4O2. The number of methoxy groups -OCH3 is 2. The van der Waals surface area contributed by atoms with Gasteiger partial charge in [0.1, 0.15) is 11.2 Å². The van der Waals surface area contributed by atoms with Gasteiger partial charge in [-0.3, -0.25) is 5.10 Å². The summed E-state index contributed by atoms with van der Waals surface area (Å²) in [6.07, 6.45) is -4.57. The first-order valence-electron chi connectivity index (χ1n) is 8.25. The highest BCUT2D eigenvalue weighted by molar-refractivity contribution is 6.10. The number of fused-ring (bicyclic) bond motifs is 3. The highest BCUT2D eigenvalue weighted by atomic mass is 19.4. The van der Waals surface area contributed by atoms with Crippen LogP contribution < -0.4 is 14.8 Å². The Balaban J connectivity index is 1.91. The summed E-state index contributed by atoms with van der Waals surface area (Å²) in [4.78, 5) is 4.46. The molecule has 0 radical (unpaired) electrons. The topological polar surface area (TPSA) is 72.1 Å². The van der Waals surface area contributed by atoms with Crippen molar-refractivity contribution in [3.8, 4) is 11.5 Å². The van der Waals surface area contributed by atoms with E-state index in [9.17, 15) is 13.2 Å². The van der Waals surface area contributed by atoms with Crippen molar-refractivity contribution in [1.82, 2.24) is 15.2 Å². The molecule has 144 valence electrons. The number of alkyl halides is 3. The average Bonchev–Trinajstić information content (AvgIpc) is 3.14. The number of anilines is 2. The standard InChI is InChI=1S/C19H15F3N4O2/c1-27-13-8-7-10(9-14(13)28-2)23-18-16-15(17(26-25-16)19(20,21)22)11-5-3-4-6-12(11)24-18/h3-9H,1-2H3,(H,23,24)(H,25,26). The number of para-hydroxylation sites is 1. The lowest BCUT2D eigenvalue weighted by Crippen LogP contribution is -2.06. The van der Waals surface area contributed by atoms with Crippen LogP contribution in [0.1, 0.15) is 5.69 Å². The molecule has 0 saturated heterocycles. The van der Waals surface area contributed by atoms with Crippen molar-refractivity contribution in [3.05, 3.63) is 48.2 Å². The van der Waals surface area contributed by atoms with E-state index in [1.807, 2.05) is 0 Å². The van der Waals surface area contributed by atoms with E-state index >= 15 is 0 Å². The molecule has 2 aromatic heterocycles. The maximum absolute atomic E-state index is 13.5. The van der Waals surface area contributed by atoms with Crippen LogP contribution in [0.5, 0.6) is 11.5 Å². The molecule has 0 amide bonds. The van der Waals surface area contributed by atoms with Crippen molar-refractivity contribution in [1.29, 1.82) is 0 Å². The highest BCUT2D eigenvalue weighted by Crippen LogP contribution is 2.39. The van der Waals surface area contributed by atoms with E-state index in [1.54, 1.807) is 42.5 Å². The number of pyridine rings is 1. The molecule has 28 heavy (non-hydrogen) atoms. The van der Waals surface area contributed by atoms with E-state index in [2.05, 4.69) is 20.5 Å². The number of rotatable bonds is 4. The smallest absolute Gasteiger partial charge is 0.433 e. The summed E-state index contributed by atoms with van der Waals surface area (Å²) in [7, 11) is 3.01. The third-order valence-electron chi connectivity index (χ3n) is 4.33. The molecule has 0 bridgehead atoms. The van der Waals surface area contributed by atoms with Crippen molar-refractivity contribution in [2.75, 3.05) is 19.5 Å². The monoisotopic (exact) mass is 388 g/mol. The molecule has 6 nitrogen and oxygen atoms in total. The molecular weight excluding hydrogens is 373 g/mol. The Morgan fingerprint density at radius 1 is 1.00 bits per heavy atom. The van der Waals surface area contributed by atoms with Gasteiger partial charge in [-0.1, -0.05) is 18.2 Å². The van der Waals surface area contributed by atoms with Crippen LogP contribution in [0.2, 0.25) is 0 Å². The molecule has 2 N–H and O–H groups in total. The lowest BCUT2D eigenvalue weighted by molar-refractivity contribution is -0.139. The molecule has 0 saturated carbocycles. The molecule has 9 heteroatoms. The van der Waals surface area contributed by atoms with Crippen LogP contribution in [0.15, 0.2) is 42.5 Å². The van der Waals surface area contributed by atoms with Crippen LogP contribution >= 0.6 is 0 Å². The molecule has 0 aliphatic carbocycles. The molecule has 2 heterocycles. The lowest BCUT2D eigenvalue weighted by Gasteiger charge is -2.12. The predicted molar refractivity (Wildman–Crippen MR) is 99.2 cm³/mol. The molecule has 0 aliphatic heterocycles. The third kappa shape index (κ3) is 2.94. The van der Waals surface area contributed by atoms with Crippen molar-refractivity contribution >= 4 is 33.3 Å². The summed E-state index contributed by atoms with van der Waals surface area (Å²) in [6.45, 7) is 0. The molecule has 0 unspecified atom stereocenters. The van der Waals surface area contributed by atoms with Crippen molar-refractivity contribution in [2.45, 2.75) is 6.18 Å². The number of benzene rings is 2. The quantitative estimate of drug-likeness (QED) is 0.521. The van der Waals surface area contributed by atoms with Gasteiger partial charge in [0.15, 0.2) is 17.3 Å². The lowest BCUT2D eigenvalue weighted by atomic mass is 10.1. The Bertz CT molecular complexity index is 1170. The Kier molecular flexibility index (Phi) is 4.21. The van der Waals surface area contributed by atoms with E-state index in [0.717, 1.165) is 0 Å². The first-order valence-corrected chi connectivity index (χ1v) is 8.25. The number of nitrogens with one attached hydrogen (secondary N) is 2. The summed E-state index contributed by atoms with van der Waals surface area (Å²) in [5.41, 5.74) is 0.181. The Hall–Kier alpha value is -3.49. The zero-order valence-corrected chi connectivity index (χ0v) is 14.9. The van der Waals surface area contributed by atoms with E-state index < -0.39 is 11.9 Å². The molecule has 0 atom stereocenters. The largest absolute Gasteiger partial charge is 0.493 e. The molecule has 0 spiro atoms. The zero-order valence-electron chi connectivity index (χ0n) is 14.9. The number of hydrogen-bond donors (Lipinski definition) is 2. The van der Waals surface area contributed by atoms with Gasteiger partial charge in [0.2, 0.25) is 0 Å². The highest BCUT2D eigenvalue weighted by Gasteiger charge is 2.36. The van der Waals surface area contributed by atoms with Gasteiger partial charge in [0.25, 0.3) is 0 Å². The second kappa shape index (κ2) is 6.59. The first-order chi connectivity index (χ1) is 13.4. The van der Waals surface area contributed by atoms with Crippen molar-refractivity contribution in [2.24, 2.45) is 0 Å². The fraction of sp³-hybridized carbons (Fsp3) is 0.158. The summed E-state index contributed by atoms with van der Waals surface area (Å²) in [6, 6.07) is 11.7. The van der Waals surface area contributed by atoms with Crippen molar-refractivity contribution in [3.63, 3.8) is 0 Å². The number of hydrogen-bond acceptors (Lipinski definition) is 5.